The van der Waals surface area contributed by atoms with Crippen molar-refractivity contribution in [2.45, 2.75) is 32.9 Å². The van der Waals surface area contributed by atoms with Crippen molar-refractivity contribution in [3.63, 3.8) is 0 Å². The SMILES string of the molecule is CNC(C#N)(Cn1nc(C)c(C)c1C)c1ccccc1. The molecule has 1 heterocycles. The van der Waals surface area contributed by atoms with Gasteiger partial charge in [-0.15, -0.1) is 0 Å². The minimum Gasteiger partial charge on any atom is -0.297 e. The van der Waals surface area contributed by atoms with Crippen molar-refractivity contribution >= 4 is 0 Å². The molecule has 1 aromatic carbocycles. The number of nitriles is 1. The number of nitrogens with zero attached hydrogens (tertiary/aromatic N) is 3. The van der Waals surface area contributed by atoms with Gasteiger partial charge in [-0.2, -0.15) is 10.4 Å². The third-order valence-electron chi connectivity index (χ3n) is 4.01. The molecule has 0 aliphatic carbocycles. The minimum atomic E-state index is -0.767. The fourth-order valence-corrected chi connectivity index (χ4v) is 2.36. The maximum atomic E-state index is 9.70. The summed E-state index contributed by atoms with van der Waals surface area (Å²) in [5.41, 5.74) is 3.49. The number of rotatable bonds is 4. The van der Waals surface area contributed by atoms with Gasteiger partial charge in [0.25, 0.3) is 0 Å². The number of aromatic nitrogens is 2. The molecule has 0 saturated heterocycles. The van der Waals surface area contributed by atoms with Crippen molar-refractivity contribution in [1.29, 1.82) is 5.26 Å². The van der Waals surface area contributed by atoms with E-state index in [2.05, 4.69) is 23.4 Å². The first-order chi connectivity index (χ1) is 9.54. The normalized spacial score (nSPS) is 13.8. The highest BCUT2D eigenvalue weighted by Gasteiger charge is 2.32. The molecule has 1 aromatic heterocycles. The van der Waals surface area contributed by atoms with E-state index >= 15 is 0 Å². The predicted octanol–water partition coefficient (Wildman–Crippen LogP) is 2.45. The highest BCUT2D eigenvalue weighted by molar-refractivity contribution is 5.32. The average Bonchev–Trinajstić information content (AvgIpc) is 2.73. The van der Waals surface area contributed by atoms with Gasteiger partial charge in [-0.05, 0) is 38.9 Å². The minimum absolute atomic E-state index is 0.491. The zero-order valence-electron chi connectivity index (χ0n) is 12.4. The summed E-state index contributed by atoms with van der Waals surface area (Å²) in [7, 11) is 1.81. The summed E-state index contributed by atoms with van der Waals surface area (Å²) in [6.07, 6.45) is 0. The molecule has 4 nitrogen and oxygen atoms in total. The lowest BCUT2D eigenvalue weighted by Crippen LogP contribution is -2.43. The van der Waals surface area contributed by atoms with Crippen LogP contribution in [0.2, 0.25) is 0 Å². The van der Waals surface area contributed by atoms with E-state index in [1.165, 1.54) is 5.56 Å². The highest BCUT2D eigenvalue weighted by atomic mass is 15.3. The standard InChI is InChI=1S/C16H20N4/c1-12-13(2)19-20(14(12)3)11-16(10-17,18-4)15-8-6-5-7-9-15/h5-9,18H,11H2,1-4H3. The Bertz CT molecular complexity index is 636. The fraction of sp³-hybridized carbons (Fsp3) is 0.375. The van der Waals surface area contributed by atoms with E-state index in [1.54, 1.807) is 0 Å². The Morgan fingerprint density at radius 3 is 2.35 bits per heavy atom. The molecule has 0 fully saturated rings. The summed E-state index contributed by atoms with van der Waals surface area (Å²) in [5, 5.41) is 17.4. The Labute approximate surface area is 120 Å². The van der Waals surface area contributed by atoms with E-state index in [4.69, 9.17) is 0 Å². The van der Waals surface area contributed by atoms with Crippen LogP contribution in [0.1, 0.15) is 22.5 Å². The lowest BCUT2D eigenvalue weighted by Gasteiger charge is -2.27. The van der Waals surface area contributed by atoms with Gasteiger partial charge in [-0.3, -0.25) is 10.00 Å². The van der Waals surface area contributed by atoms with Gasteiger partial charge in [0.1, 0.15) is 0 Å². The molecule has 20 heavy (non-hydrogen) atoms. The zero-order chi connectivity index (χ0) is 14.8. The summed E-state index contributed by atoms with van der Waals surface area (Å²) in [6.45, 7) is 6.58. The molecule has 0 aliphatic rings. The van der Waals surface area contributed by atoms with Gasteiger partial charge in [0, 0.05) is 5.69 Å². The lowest BCUT2D eigenvalue weighted by atomic mass is 9.91. The molecule has 2 rings (SSSR count). The van der Waals surface area contributed by atoms with E-state index in [0.717, 1.165) is 17.0 Å². The number of benzene rings is 1. The maximum Gasteiger partial charge on any atom is 0.151 e. The van der Waals surface area contributed by atoms with Crippen molar-refractivity contribution in [3.8, 4) is 6.07 Å². The second-order valence-electron chi connectivity index (χ2n) is 5.09. The monoisotopic (exact) mass is 268 g/mol. The second-order valence-corrected chi connectivity index (χ2v) is 5.09. The van der Waals surface area contributed by atoms with Crippen molar-refractivity contribution in [2.24, 2.45) is 0 Å². The van der Waals surface area contributed by atoms with Crippen LogP contribution in [0.3, 0.4) is 0 Å². The number of aryl methyl sites for hydroxylation is 1. The molecule has 0 spiro atoms. The Morgan fingerprint density at radius 1 is 1.25 bits per heavy atom. The maximum absolute atomic E-state index is 9.70. The predicted molar refractivity (Wildman–Crippen MR) is 79.2 cm³/mol. The second kappa shape index (κ2) is 5.48. The summed E-state index contributed by atoms with van der Waals surface area (Å²) in [5.74, 6) is 0. The first-order valence-electron chi connectivity index (χ1n) is 6.70. The largest absolute Gasteiger partial charge is 0.297 e. The van der Waals surface area contributed by atoms with Crippen molar-refractivity contribution in [3.05, 3.63) is 52.8 Å². The van der Waals surface area contributed by atoms with E-state index in [9.17, 15) is 5.26 Å². The van der Waals surface area contributed by atoms with Crippen LogP contribution in [0, 0.1) is 32.1 Å². The highest BCUT2D eigenvalue weighted by Crippen LogP contribution is 2.24. The first-order valence-corrected chi connectivity index (χ1v) is 6.70. The number of hydrogen-bond donors (Lipinski definition) is 1. The summed E-state index contributed by atoms with van der Waals surface area (Å²) >= 11 is 0. The molecule has 0 saturated carbocycles. The molecule has 0 amide bonds. The molecule has 0 aliphatic heterocycles. The van der Waals surface area contributed by atoms with Crippen LogP contribution in [0.4, 0.5) is 0 Å². The topological polar surface area (TPSA) is 53.6 Å². The number of likely N-dealkylation sites (N-methyl/N-ethyl adjacent to an activating group) is 1. The quantitative estimate of drug-likeness (QED) is 0.926. The van der Waals surface area contributed by atoms with Crippen molar-refractivity contribution in [2.75, 3.05) is 7.05 Å². The molecular weight excluding hydrogens is 248 g/mol. The molecule has 1 unspecified atom stereocenters. The van der Waals surface area contributed by atoms with Crippen molar-refractivity contribution in [1.82, 2.24) is 15.1 Å². The molecule has 0 bridgehead atoms. The molecule has 2 aromatic rings. The molecule has 0 radical (unpaired) electrons. The van der Waals surface area contributed by atoms with E-state index in [-0.39, 0.29) is 0 Å². The van der Waals surface area contributed by atoms with Gasteiger partial charge < -0.3 is 0 Å². The molecule has 4 heteroatoms. The summed E-state index contributed by atoms with van der Waals surface area (Å²) in [6, 6.07) is 12.2. The Hall–Kier alpha value is -2.12. The third-order valence-corrected chi connectivity index (χ3v) is 4.01. The van der Waals surface area contributed by atoms with Gasteiger partial charge >= 0.3 is 0 Å². The van der Waals surface area contributed by atoms with E-state index in [1.807, 2.05) is 55.9 Å². The van der Waals surface area contributed by atoms with Crippen LogP contribution in [0.25, 0.3) is 0 Å². The zero-order valence-corrected chi connectivity index (χ0v) is 12.4. The van der Waals surface area contributed by atoms with Gasteiger partial charge in [-0.1, -0.05) is 30.3 Å². The van der Waals surface area contributed by atoms with Gasteiger partial charge in [0.15, 0.2) is 5.54 Å². The van der Waals surface area contributed by atoms with E-state index < -0.39 is 5.54 Å². The first kappa shape index (κ1) is 14.3. The molecule has 1 N–H and O–H groups in total. The van der Waals surface area contributed by atoms with Gasteiger partial charge in [-0.25, -0.2) is 0 Å². The van der Waals surface area contributed by atoms with Crippen LogP contribution in [0.15, 0.2) is 30.3 Å². The van der Waals surface area contributed by atoms with Crippen LogP contribution < -0.4 is 5.32 Å². The Kier molecular flexibility index (Phi) is 3.91. The number of nitrogens with one attached hydrogen (secondary N) is 1. The lowest BCUT2D eigenvalue weighted by molar-refractivity contribution is 0.371. The smallest absolute Gasteiger partial charge is 0.151 e. The Morgan fingerprint density at radius 2 is 1.90 bits per heavy atom. The van der Waals surface area contributed by atoms with Crippen LogP contribution in [-0.2, 0) is 12.1 Å². The van der Waals surface area contributed by atoms with Crippen LogP contribution in [0.5, 0.6) is 0 Å². The third kappa shape index (κ3) is 2.33. The summed E-state index contributed by atoms with van der Waals surface area (Å²) in [4.78, 5) is 0. The van der Waals surface area contributed by atoms with Gasteiger partial charge in [0.05, 0.1) is 18.3 Å². The fourth-order valence-electron chi connectivity index (χ4n) is 2.36. The average molecular weight is 268 g/mol. The molecular formula is C16H20N4. The van der Waals surface area contributed by atoms with E-state index in [0.29, 0.717) is 6.54 Å². The van der Waals surface area contributed by atoms with Gasteiger partial charge in [0.2, 0.25) is 0 Å². The molecule has 104 valence electrons. The molecule has 1 atom stereocenters. The van der Waals surface area contributed by atoms with Crippen LogP contribution in [-0.4, -0.2) is 16.8 Å². The van der Waals surface area contributed by atoms with Crippen molar-refractivity contribution < 1.29 is 0 Å². The Balaban J connectivity index is 2.45. The number of hydrogen-bond acceptors (Lipinski definition) is 3. The van der Waals surface area contributed by atoms with Crippen LogP contribution >= 0.6 is 0 Å². The summed E-state index contributed by atoms with van der Waals surface area (Å²) < 4.78 is 1.91.